The molecule has 1 unspecified atom stereocenters. The lowest BCUT2D eigenvalue weighted by atomic mass is 9.90. The van der Waals surface area contributed by atoms with Crippen LogP contribution in [0.1, 0.15) is 30.1 Å². The van der Waals surface area contributed by atoms with E-state index in [1.165, 1.54) is 0 Å². The van der Waals surface area contributed by atoms with E-state index in [-0.39, 0.29) is 11.9 Å². The van der Waals surface area contributed by atoms with Gasteiger partial charge in [0.25, 0.3) is 5.91 Å². The highest BCUT2D eigenvalue weighted by atomic mass is 79.9. The first-order valence-electron chi connectivity index (χ1n) is 6.49. The minimum absolute atomic E-state index is 0.0699. The third-order valence-corrected chi connectivity index (χ3v) is 4.95. The number of likely N-dealkylation sites (tertiary alicyclic amines) is 1. The molecule has 1 aromatic rings. The zero-order valence-corrected chi connectivity index (χ0v) is 13.2. The van der Waals surface area contributed by atoms with Gasteiger partial charge in [0.2, 0.25) is 0 Å². The molecule has 2 rings (SSSR count). The molecule has 1 fully saturated rings. The lowest BCUT2D eigenvalue weighted by Crippen LogP contribution is -2.42. The molecular formula is C14H18BrClN2O. The number of piperidine rings is 1. The Balaban J connectivity index is 2.03. The molecule has 0 bridgehead atoms. The predicted molar refractivity (Wildman–Crippen MR) is 81.4 cm³/mol. The van der Waals surface area contributed by atoms with Gasteiger partial charge in [-0.15, -0.1) is 0 Å². The highest BCUT2D eigenvalue weighted by Crippen LogP contribution is 2.25. The van der Waals surface area contributed by atoms with Crippen molar-refractivity contribution in [3.05, 3.63) is 33.3 Å². The summed E-state index contributed by atoms with van der Waals surface area (Å²) in [6.45, 7) is 3.61. The number of carbonyl (C=O) groups is 1. The fraction of sp³-hybridized carbons (Fsp3) is 0.500. The van der Waals surface area contributed by atoms with Gasteiger partial charge in [-0.1, -0.05) is 11.6 Å². The van der Waals surface area contributed by atoms with E-state index in [0.717, 1.165) is 30.4 Å². The molecule has 1 heterocycles. The standard InChI is InChI=1S/C14H18BrClN2O/c1-9(17)10-4-6-18(7-5-10)14(19)11-2-3-13(16)12(15)8-11/h2-3,8-10H,4-7,17H2,1H3. The van der Waals surface area contributed by atoms with Gasteiger partial charge >= 0.3 is 0 Å². The van der Waals surface area contributed by atoms with Gasteiger partial charge < -0.3 is 10.6 Å². The lowest BCUT2D eigenvalue weighted by molar-refractivity contribution is 0.0681. The second-order valence-corrected chi connectivity index (χ2v) is 6.38. The first-order valence-corrected chi connectivity index (χ1v) is 7.66. The summed E-state index contributed by atoms with van der Waals surface area (Å²) in [6.07, 6.45) is 1.97. The summed E-state index contributed by atoms with van der Waals surface area (Å²) in [5, 5.41) is 0.618. The van der Waals surface area contributed by atoms with Crippen molar-refractivity contribution in [2.24, 2.45) is 11.7 Å². The topological polar surface area (TPSA) is 46.3 Å². The molecule has 1 aromatic carbocycles. The molecule has 3 nitrogen and oxygen atoms in total. The van der Waals surface area contributed by atoms with Gasteiger partial charge in [0.1, 0.15) is 0 Å². The maximum absolute atomic E-state index is 12.4. The average molecular weight is 346 g/mol. The van der Waals surface area contributed by atoms with E-state index in [1.54, 1.807) is 18.2 Å². The van der Waals surface area contributed by atoms with Crippen LogP contribution in [0.3, 0.4) is 0 Å². The van der Waals surface area contributed by atoms with E-state index in [9.17, 15) is 4.79 Å². The van der Waals surface area contributed by atoms with Crippen LogP contribution in [-0.2, 0) is 0 Å². The Kier molecular flexibility index (Phi) is 4.87. The summed E-state index contributed by atoms with van der Waals surface area (Å²) in [5.74, 6) is 0.599. The van der Waals surface area contributed by atoms with Crippen molar-refractivity contribution in [1.82, 2.24) is 4.90 Å². The van der Waals surface area contributed by atoms with Gasteiger partial charge in [0, 0.05) is 29.2 Å². The molecular weight excluding hydrogens is 328 g/mol. The molecule has 0 aromatic heterocycles. The van der Waals surface area contributed by atoms with Gasteiger partial charge in [-0.2, -0.15) is 0 Å². The number of amides is 1. The molecule has 1 amide bonds. The van der Waals surface area contributed by atoms with Crippen molar-refractivity contribution in [2.45, 2.75) is 25.8 Å². The van der Waals surface area contributed by atoms with Crippen molar-refractivity contribution in [3.63, 3.8) is 0 Å². The minimum Gasteiger partial charge on any atom is -0.339 e. The Hall–Kier alpha value is -0.580. The minimum atomic E-state index is 0.0699. The summed E-state index contributed by atoms with van der Waals surface area (Å²) >= 11 is 9.29. The normalized spacial score (nSPS) is 18.4. The maximum Gasteiger partial charge on any atom is 0.253 e. The van der Waals surface area contributed by atoms with Crippen molar-refractivity contribution in [1.29, 1.82) is 0 Å². The van der Waals surface area contributed by atoms with Gasteiger partial charge in [-0.3, -0.25) is 4.79 Å². The third kappa shape index (κ3) is 3.50. The fourth-order valence-corrected chi connectivity index (χ4v) is 2.94. The van der Waals surface area contributed by atoms with Gasteiger partial charge in [-0.25, -0.2) is 0 Å². The summed E-state index contributed by atoms with van der Waals surface area (Å²) < 4.78 is 0.755. The Labute approximate surface area is 127 Å². The van der Waals surface area contributed by atoms with Gasteiger partial charge in [-0.05, 0) is 59.8 Å². The molecule has 0 saturated carbocycles. The Morgan fingerprint density at radius 1 is 1.47 bits per heavy atom. The van der Waals surface area contributed by atoms with Crippen molar-refractivity contribution >= 4 is 33.4 Å². The number of benzene rings is 1. The smallest absolute Gasteiger partial charge is 0.253 e. The van der Waals surface area contributed by atoms with Crippen molar-refractivity contribution in [3.8, 4) is 0 Å². The quantitative estimate of drug-likeness (QED) is 0.894. The van der Waals surface area contributed by atoms with Crippen molar-refractivity contribution < 1.29 is 4.79 Å². The second-order valence-electron chi connectivity index (χ2n) is 5.12. The number of hydrogen-bond acceptors (Lipinski definition) is 2. The number of nitrogens with zero attached hydrogens (tertiary/aromatic N) is 1. The predicted octanol–water partition coefficient (Wildman–Crippen LogP) is 3.30. The molecule has 104 valence electrons. The summed E-state index contributed by atoms with van der Waals surface area (Å²) in [4.78, 5) is 14.3. The van der Waals surface area contributed by atoms with Crippen LogP contribution in [0.25, 0.3) is 0 Å². The van der Waals surface area contributed by atoms with Crippen LogP contribution in [-0.4, -0.2) is 29.9 Å². The Morgan fingerprint density at radius 3 is 2.63 bits per heavy atom. The zero-order valence-electron chi connectivity index (χ0n) is 10.9. The van der Waals surface area contributed by atoms with Crippen LogP contribution in [0.4, 0.5) is 0 Å². The van der Waals surface area contributed by atoms with Crippen LogP contribution in [0, 0.1) is 5.92 Å². The highest BCUT2D eigenvalue weighted by Gasteiger charge is 2.25. The van der Waals surface area contributed by atoms with E-state index in [1.807, 2.05) is 11.8 Å². The summed E-state index contributed by atoms with van der Waals surface area (Å²) in [6, 6.07) is 5.50. The summed E-state index contributed by atoms with van der Waals surface area (Å²) in [5.41, 5.74) is 6.59. The van der Waals surface area contributed by atoms with Crippen LogP contribution in [0.15, 0.2) is 22.7 Å². The maximum atomic E-state index is 12.4. The van der Waals surface area contributed by atoms with Crippen LogP contribution >= 0.6 is 27.5 Å². The molecule has 0 aliphatic carbocycles. The third-order valence-electron chi connectivity index (χ3n) is 3.74. The van der Waals surface area contributed by atoms with Gasteiger partial charge in [0.05, 0.1) is 5.02 Å². The van der Waals surface area contributed by atoms with Crippen LogP contribution < -0.4 is 5.73 Å². The van der Waals surface area contributed by atoms with E-state index in [2.05, 4.69) is 15.9 Å². The fourth-order valence-electron chi connectivity index (χ4n) is 2.44. The second kappa shape index (κ2) is 6.25. The molecule has 1 aliphatic rings. The molecule has 1 saturated heterocycles. The molecule has 2 N–H and O–H groups in total. The Bertz CT molecular complexity index is 471. The first-order chi connectivity index (χ1) is 8.99. The zero-order chi connectivity index (χ0) is 14.0. The number of hydrogen-bond donors (Lipinski definition) is 1. The Morgan fingerprint density at radius 2 is 2.11 bits per heavy atom. The largest absolute Gasteiger partial charge is 0.339 e. The van der Waals surface area contributed by atoms with Gasteiger partial charge in [0.15, 0.2) is 0 Å². The van der Waals surface area contributed by atoms with Crippen LogP contribution in [0.5, 0.6) is 0 Å². The van der Waals surface area contributed by atoms with Crippen LogP contribution in [0.2, 0.25) is 5.02 Å². The first kappa shape index (κ1) is 14.8. The number of rotatable bonds is 2. The van der Waals surface area contributed by atoms with Crippen molar-refractivity contribution in [2.75, 3.05) is 13.1 Å². The summed E-state index contributed by atoms with van der Waals surface area (Å²) in [7, 11) is 0. The van der Waals surface area contributed by atoms with E-state index >= 15 is 0 Å². The van der Waals surface area contributed by atoms with E-state index in [4.69, 9.17) is 17.3 Å². The highest BCUT2D eigenvalue weighted by molar-refractivity contribution is 9.10. The average Bonchev–Trinajstić information content (AvgIpc) is 2.41. The molecule has 0 spiro atoms. The number of nitrogens with two attached hydrogens (primary N) is 1. The SMILES string of the molecule is CC(N)C1CCN(C(=O)c2ccc(Cl)c(Br)c2)CC1. The molecule has 0 radical (unpaired) electrons. The van der Waals surface area contributed by atoms with E-state index < -0.39 is 0 Å². The molecule has 5 heteroatoms. The van der Waals surface area contributed by atoms with E-state index in [0.29, 0.717) is 16.5 Å². The number of carbonyl (C=O) groups excluding carboxylic acids is 1. The molecule has 19 heavy (non-hydrogen) atoms. The lowest BCUT2D eigenvalue weighted by Gasteiger charge is -2.33. The molecule has 1 atom stereocenters. The number of halogens is 2. The monoisotopic (exact) mass is 344 g/mol. The molecule has 1 aliphatic heterocycles.